The van der Waals surface area contributed by atoms with E-state index < -0.39 is 24.4 Å². The molecule has 0 aliphatic carbocycles. The summed E-state index contributed by atoms with van der Waals surface area (Å²) in [5, 5.41) is 19.7. The Bertz CT molecular complexity index is 376. The number of nitrogens with one attached hydrogen (secondary N) is 1. The summed E-state index contributed by atoms with van der Waals surface area (Å²) in [4.78, 5) is 33.0. The van der Waals surface area contributed by atoms with Gasteiger partial charge in [0.05, 0.1) is 6.42 Å². The van der Waals surface area contributed by atoms with Crippen LogP contribution in [0.15, 0.2) is 0 Å². The first-order chi connectivity index (χ1) is 11.5. The van der Waals surface area contributed by atoms with E-state index in [2.05, 4.69) is 12.2 Å². The summed E-state index contributed by atoms with van der Waals surface area (Å²) in [7, 11) is 0. The molecule has 0 aromatic rings. The number of carbonyl (C=O) groups is 3. The van der Waals surface area contributed by atoms with Crippen LogP contribution in [0.3, 0.4) is 0 Å². The number of carbonyl (C=O) groups excluding carboxylic acids is 1. The van der Waals surface area contributed by atoms with Crippen molar-refractivity contribution >= 4 is 47.4 Å². The molecule has 0 aromatic carbocycles. The van der Waals surface area contributed by atoms with Crippen LogP contribution in [0.5, 0.6) is 0 Å². The molecule has 0 bridgehead atoms. The van der Waals surface area contributed by atoms with Gasteiger partial charge in [0.15, 0.2) is 0 Å². The van der Waals surface area contributed by atoms with E-state index in [1.165, 1.54) is 51.4 Å². The van der Waals surface area contributed by atoms with Gasteiger partial charge in [0.25, 0.3) is 0 Å². The molecule has 0 aliphatic rings. The number of carboxylic acid groups (broad SMARTS) is 2. The first-order valence-electron chi connectivity index (χ1n) is 9.21. The van der Waals surface area contributed by atoms with Crippen molar-refractivity contribution in [1.29, 1.82) is 0 Å². The molecular weight excluding hydrogens is 333 g/mol. The van der Waals surface area contributed by atoms with Gasteiger partial charge in [-0.05, 0) is 6.42 Å². The number of hydrogen-bond donors (Lipinski definition) is 3. The molecule has 1 atom stereocenters. The minimum absolute atomic E-state index is 0. The standard InChI is InChI=1S/C18H33NO5.Na.H/c1-2-3-4-5-6-7-8-9-10-11-12-13-16(20)19-15(18(23)24)14-17(21)22;;/h15H,2-14H2,1H3,(H,19,20)(H,21,22)(H,23,24);;. The molecule has 0 radical (unpaired) electrons. The topological polar surface area (TPSA) is 104 Å². The molecule has 0 saturated carbocycles. The summed E-state index contributed by atoms with van der Waals surface area (Å²) in [5.74, 6) is -2.94. The van der Waals surface area contributed by atoms with Gasteiger partial charge in [-0.15, -0.1) is 0 Å². The van der Waals surface area contributed by atoms with Crippen LogP contribution >= 0.6 is 0 Å². The van der Waals surface area contributed by atoms with Crippen LogP contribution in [0.4, 0.5) is 0 Å². The number of unbranched alkanes of at least 4 members (excludes halogenated alkanes) is 10. The Labute approximate surface area is 173 Å². The Morgan fingerprint density at radius 2 is 1.24 bits per heavy atom. The zero-order valence-electron chi connectivity index (χ0n) is 14.9. The average molecular weight is 367 g/mol. The van der Waals surface area contributed by atoms with Crippen molar-refractivity contribution in [2.75, 3.05) is 0 Å². The van der Waals surface area contributed by atoms with E-state index in [-0.39, 0.29) is 41.9 Å². The maximum absolute atomic E-state index is 11.6. The second-order valence-corrected chi connectivity index (χ2v) is 6.34. The molecule has 3 N–H and O–H groups in total. The second kappa shape index (κ2) is 18.2. The second-order valence-electron chi connectivity index (χ2n) is 6.34. The monoisotopic (exact) mass is 367 g/mol. The fraction of sp³-hybridized carbons (Fsp3) is 0.833. The Hall–Kier alpha value is -0.590. The average Bonchev–Trinajstić information content (AvgIpc) is 2.51. The predicted molar refractivity (Wildman–Crippen MR) is 100 cm³/mol. The minimum atomic E-state index is -1.34. The maximum atomic E-state index is 11.6. The third-order valence-electron chi connectivity index (χ3n) is 4.02. The van der Waals surface area contributed by atoms with Gasteiger partial charge < -0.3 is 15.5 Å². The van der Waals surface area contributed by atoms with Gasteiger partial charge >= 0.3 is 41.5 Å². The van der Waals surface area contributed by atoms with Crippen molar-refractivity contribution in [3.63, 3.8) is 0 Å². The molecule has 0 heterocycles. The molecule has 0 spiro atoms. The summed E-state index contributed by atoms with van der Waals surface area (Å²) >= 11 is 0. The van der Waals surface area contributed by atoms with E-state index in [1.54, 1.807) is 0 Å². The summed E-state index contributed by atoms with van der Waals surface area (Å²) in [6.45, 7) is 2.22. The van der Waals surface area contributed by atoms with Crippen molar-refractivity contribution in [3.05, 3.63) is 0 Å². The van der Waals surface area contributed by atoms with Gasteiger partial charge in [-0.25, -0.2) is 4.79 Å². The quantitative estimate of drug-likeness (QED) is 0.287. The van der Waals surface area contributed by atoms with Crippen molar-refractivity contribution in [2.45, 2.75) is 96.4 Å². The van der Waals surface area contributed by atoms with Crippen LogP contribution < -0.4 is 5.32 Å². The zero-order chi connectivity index (χ0) is 18.2. The fourth-order valence-electron chi connectivity index (χ4n) is 2.59. The van der Waals surface area contributed by atoms with Crippen LogP contribution in [-0.2, 0) is 14.4 Å². The number of rotatable bonds is 16. The summed E-state index contributed by atoms with van der Waals surface area (Å²) in [6, 6.07) is -1.34. The molecule has 25 heavy (non-hydrogen) atoms. The van der Waals surface area contributed by atoms with Crippen LogP contribution in [0.2, 0.25) is 0 Å². The Kier molecular flexibility index (Phi) is 19.4. The summed E-state index contributed by atoms with van der Waals surface area (Å²) in [6.07, 6.45) is 12.7. The summed E-state index contributed by atoms with van der Waals surface area (Å²) < 4.78 is 0. The van der Waals surface area contributed by atoms with Gasteiger partial charge in [-0.1, -0.05) is 71.1 Å². The molecule has 0 aliphatic heterocycles. The number of amides is 1. The molecule has 1 unspecified atom stereocenters. The first kappa shape index (κ1) is 26.6. The SMILES string of the molecule is CCCCCCCCCCCCCC(=O)NC(CC(=O)O)C(=O)O.[NaH]. The van der Waals surface area contributed by atoms with E-state index >= 15 is 0 Å². The van der Waals surface area contributed by atoms with E-state index in [9.17, 15) is 14.4 Å². The number of aliphatic carboxylic acids is 2. The number of hydrogen-bond acceptors (Lipinski definition) is 3. The summed E-state index contributed by atoms with van der Waals surface area (Å²) in [5.41, 5.74) is 0. The molecule has 0 fully saturated rings. The molecule has 1 amide bonds. The normalized spacial score (nSPS) is 11.4. The van der Waals surface area contributed by atoms with E-state index in [0.717, 1.165) is 12.8 Å². The van der Waals surface area contributed by atoms with Crippen molar-refractivity contribution in [2.24, 2.45) is 0 Å². The van der Waals surface area contributed by atoms with Crippen molar-refractivity contribution < 1.29 is 24.6 Å². The molecule has 142 valence electrons. The molecule has 6 nitrogen and oxygen atoms in total. The zero-order valence-corrected chi connectivity index (χ0v) is 14.9. The first-order valence-corrected chi connectivity index (χ1v) is 9.21. The van der Waals surface area contributed by atoms with E-state index in [0.29, 0.717) is 6.42 Å². The van der Waals surface area contributed by atoms with Gasteiger partial charge in [0.2, 0.25) is 5.91 Å². The van der Waals surface area contributed by atoms with Crippen LogP contribution in [0.1, 0.15) is 90.4 Å². The third-order valence-corrected chi connectivity index (χ3v) is 4.02. The molecule has 7 heteroatoms. The molecule has 0 saturated heterocycles. The van der Waals surface area contributed by atoms with E-state index in [4.69, 9.17) is 10.2 Å². The fourth-order valence-corrected chi connectivity index (χ4v) is 2.59. The van der Waals surface area contributed by atoms with Crippen LogP contribution in [-0.4, -0.2) is 63.7 Å². The van der Waals surface area contributed by atoms with Gasteiger partial charge in [0, 0.05) is 6.42 Å². The molecule has 0 aromatic heterocycles. The Morgan fingerprint density at radius 1 is 0.800 bits per heavy atom. The van der Waals surface area contributed by atoms with Crippen LogP contribution in [0.25, 0.3) is 0 Å². The van der Waals surface area contributed by atoms with Gasteiger partial charge in [0.1, 0.15) is 6.04 Å². The third kappa shape index (κ3) is 18.0. The van der Waals surface area contributed by atoms with Gasteiger partial charge in [-0.3, -0.25) is 9.59 Å². The molecular formula is C18H34NNaO5. The van der Waals surface area contributed by atoms with Crippen molar-refractivity contribution in [1.82, 2.24) is 5.32 Å². The predicted octanol–water partition coefficient (Wildman–Crippen LogP) is 3.08. The van der Waals surface area contributed by atoms with E-state index in [1.807, 2.05) is 0 Å². The van der Waals surface area contributed by atoms with Crippen molar-refractivity contribution in [3.8, 4) is 0 Å². The Morgan fingerprint density at radius 3 is 1.64 bits per heavy atom. The molecule has 0 rings (SSSR count). The van der Waals surface area contributed by atoms with Gasteiger partial charge in [-0.2, -0.15) is 0 Å². The number of carboxylic acids is 2. The van der Waals surface area contributed by atoms with Crippen LogP contribution in [0, 0.1) is 0 Å². The Balaban J connectivity index is 0.